The monoisotopic (exact) mass is 331 g/mol. The number of anilines is 1. The molecule has 1 aliphatic rings. The van der Waals surface area contributed by atoms with Crippen LogP contribution in [0, 0.1) is 17.0 Å². The van der Waals surface area contributed by atoms with Crippen molar-refractivity contribution >= 4 is 17.3 Å². The van der Waals surface area contributed by atoms with Gasteiger partial charge in [0.1, 0.15) is 5.69 Å². The average molecular weight is 331 g/mol. The van der Waals surface area contributed by atoms with Gasteiger partial charge in [0.25, 0.3) is 11.6 Å². The van der Waals surface area contributed by atoms with E-state index in [0.717, 1.165) is 12.8 Å². The third kappa shape index (κ3) is 3.86. The van der Waals surface area contributed by atoms with Gasteiger partial charge >= 0.3 is 0 Å². The van der Waals surface area contributed by atoms with Gasteiger partial charge in [-0.1, -0.05) is 5.16 Å². The Kier molecular flexibility index (Phi) is 4.41. The van der Waals surface area contributed by atoms with Crippen LogP contribution in [0.4, 0.5) is 11.4 Å². The summed E-state index contributed by atoms with van der Waals surface area (Å²) in [5.41, 5.74) is 0.492. The molecule has 0 unspecified atom stereocenters. The van der Waals surface area contributed by atoms with E-state index in [1.165, 1.54) is 6.07 Å². The van der Waals surface area contributed by atoms with Crippen LogP contribution in [0.25, 0.3) is 0 Å². The normalized spacial score (nSPS) is 13.5. The number of nitro benzene ring substituents is 1. The molecule has 1 saturated carbocycles. The molecular weight excluding hydrogens is 314 g/mol. The predicted octanol–water partition coefficient (Wildman–Crippen LogP) is 1.83. The summed E-state index contributed by atoms with van der Waals surface area (Å²) in [4.78, 5) is 26.8. The van der Waals surface area contributed by atoms with Gasteiger partial charge in [-0.15, -0.1) is 0 Å². The van der Waals surface area contributed by atoms with Crippen LogP contribution in [0.3, 0.4) is 0 Å². The Morgan fingerprint density at radius 3 is 2.88 bits per heavy atom. The molecule has 1 aromatic heterocycles. The van der Waals surface area contributed by atoms with Crippen LogP contribution in [0.15, 0.2) is 22.7 Å². The molecule has 0 radical (unpaired) electrons. The van der Waals surface area contributed by atoms with E-state index in [1.54, 1.807) is 19.1 Å². The summed E-state index contributed by atoms with van der Waals surface area (Å²) in [5, 5.41) is 20.7. The zero-order valence-electron chi connectivity index (χ0n) is 13.1. The number of amides is 1. The average Bonchev–Trinajstić information content (AvgIpc) is 3.27. The van der Waals surface area contributed by atoms with E-state index in [2.05, 4.69) is 20.8 Å². The summed E-state index contributed by atoms with van der Waals surface area (Å²) in [6.45, 7) is 2.12. The van der Waals surface area contributed by atoms with Gasteiger partial charge in [0.05, 0.1) is 4.92 Å². The Hall–Kier alpha value is -2.97. The summed E-state index contributed by atoms with van der Waals surface area (Å²) < 4.78 is 4.99. The molecule has 9 heteroatoms. The first-order chi connectivity index (χ1) is 11.5. The number of hydrogen-bond acceptors (Lipinski definition) is 7. The second-order valence-electron chi connectivity index (χ2n) is 5.65. The van der Waals surface area contributed by atoms with Crippen molar-refractivity contribution in [1.82, 2.24) is 15.5 Å². The fourth-order valence-corrected chi connectivity index (χ4v) is 2.22. The molecule has 1 heterocycles. The van der Waals surface area contributed by atoms with Crippen molar-refractivity contribution in [3.05, 3.63) is 45.6 Å². The number of carbonyl (C=O) groups is 1. The highest BCUT2D eigenvalue weighted by Gasteiger charge is 2.25. The number of nitrogens with zero attached hydrogens (tertiary/aromatic N) is 3. The van der Waals surface area contributed by atoms with E-state index in [4.69, 9.17) is 4.52 Å². The van der Waals surface area contributed by atoms with Crippen LogP contribution < -0.4 is 10.6 Å². The minimum Gasteiger partial charge on any atom is -0.379 e. The molecule has 126 valence electrons. The molecule has 3 rings (SSSR count). The van der Waals surface area contributed by atoms with Gasteiger partial charge in [0, 0.05) is 30.6 Å². The molecule has 9 nitrogen and oxygen atoms in total. The first-order valence-corrected chi connectivity index (χ1v) is 7.65. The fourth-order valence-electron chi connectivity index (χ4n) is 2.22. The first kappa shape index (κ1) is 15.9. The van der Waals surface area contributed by atoms with E-state index in [-0.39, 0.29) is 23.2 Å². The number of nitrogens with one attached hydrogen (secondary N) is 2. The molecule has 0 atom stereocenters. The fraction of sp³-hybridized carbons (Fsp3) is 0.400. The Morgan fingerprint density at radius 1 is 1.46 bits per heavy atom. The van der Waals surface area contributed by atoms with Crippen LogP contribution in [-0.4, -0.2) is 33.6 Å². The van der Waals surface area contributed by atoms with Crippen molar-refractivity contribution in [2.45, 2.75) is 32.2 Å². The number of aromatic nitrogens is 2. The Labute approximate surface area is 137 Å². The highest BCUT2D eigenvalue weighted by Crippen LogP contribution is 2.26. The minimum atomic E-state index is -0.507. The number of rotatable bonds is 7. The molecule has 1 aliphatic carbocycles. The molecule has 0 bridgehead atoms. The highest BCUT2D eigenvalue weighted by atomic mass is 16.6. The Bertz CT molecular complexity index is 769. The van der Waals surface area contributed by atoms with Crippen LogP contribution >= 0.6 is 0 Å². The van der Waals surface area contributed by atoms with E-state index < -0.39 is 4.92 Å². The van der Waals surface area contributed by atoms with Crippen molar-refractivity contribution in [3.8, 4) is 0 Å². The number of benzene rings is 1. The highest BCUT2D eigenvalue weighted by molar-refractivity contribution is 5.96. The topological polar surface area (TPSA) is 123 Å². The maximum absolute atomic E-state index is 12.0. The summed E-state index contributed by atoms with van der Waals surface area (Å²) in [7, 11) is 0. The molecule has 1 aromatic carbocycles. The molecule has 0 spiro atoms. The van der Waals surface area contributed by atoms with Crippen LogP contribution in [0.2, 0.25) is 0 Å². The SMILES string of the molecule is Cc1noc(CCNc2ccc(C(=O)NC3CC3)cc2[N+](=O)[O-])n1. The molecule has 1 fully saturated rings. The lowest BCUT2D eigenvalue weighted by molar-refractivity contribution is -0.384. The zero-order chi connectivity index (χ0) is 17.1. The van der Waals surface area contributed by atoms with Gasteiger partial charge < -0.3 is 15.2 Å². The van der Waals surface area contributed by atoms with Gasteiger partial charge in [-0.25, -0.2) is 0 Å². The lowest BCUT2D eigenvalue weighted by Gasteiger charge is -2.08. The van der Waals surface area contributed by atoms with E-state index in [0.29, 0.717) is 30.4 Å². The second kappa shape index (κ2) is 6.65. The van der Waals surface area contributed by atoms with Crippen molar-refractivity contribution < 1.29 is 14.2 Å². The van der Waals surface area contributed by atoms with Gasteiger partial charge in [0.2, 0.25) is 5.89 Å². The summed E-state index contributed by atoms with van der Waals surface area (Å²) in [6, 6.07) is 4.60. The van der Waals surface area contributed by atoms with Crippen molar-refractivity contribution in [2.24, 2.45) is 0 Å². The van der Waals surface area contributed by atoms with Crippen molar-refractivity contribution in [3.63, 3.8) is 0 Å². The van der Waals surface area contributed by atoms with Crippen LogP contribution in [0.5, 0.6) is 0 Å². The van der Waals surface area contributed by atoms with Gasteiger partial charge in [-0.05, 0) is 31.9 Å². The number of aryl methyl sites for hydroxylation is 1. The van der Waals surface area contributed by atoms with Crippen molar-refractivity contribution in [2.75, 3.05) is 11.9 Å². The zero-order valence-corrected chi connectivity index (χ0v) is 13.1. The maximum Gasteiger partial charge on any atom is 0.293 e. The summed E-state index contributed by atoms with van der Waals surface area (Å²) in [6.07, 6.45) is 2.37. The molecular formula is C15H17N5O4. The Morgan fingerprint density at radius 2 is 2.25 bits per heavy atom. The smallest absolute Gasteiger partial charge is 0.293 e. The molecule has 24 heavy (non-hydrogen) atoms. The third-order valence-corrected chi connectivity index (χ3v) is 3.59. The molecule has 2 N–H and O–H groups in total. The summed E-state index contributed by atoms with van der Waals surface area (Å²) >= 11 is 0. The van der Waals surface area contributed by atoms with Crippen LogP contribution in [0.1, 0.15) is 34.9 Å². The number of carbonyl (C=O) groups excluding carboxylic acids is 1. The van der Waals surface area contributed by atoms with E-state index >= 15 is 0 Å². The lowest BCUT2D eigenvalue weighted by Crippen LogP contribution is -2.25. The molecule has 0 saturated heterocycles. The molecule has 2 aromatic rings. The second-order valence-corrected chi connectivity index (χ2v) is 5.65. The van der Waals surface area contributed by atoms with E-state index in [1.807, 2.05) is 0 Å². The van der Waals surface area contributed by atoms with Gasteiger partial charge in [0.15, 0.2) is 5.82 Å². The maximum atomic E-state index is 12.0. The third-order valence-electron chi connectivity index (χ3n) is 3.59. The minimum absolute atomic E-state index is 0.139. The quantitative estimate of drug-likeness (QED) is 0.586. The largest absolute Gasteiger partial charge is 0.379 e. The Balaban J connectivity index is 1.67. The number of nitro groups is 1. The van der Waals surface area contributed by atoms with Crippen molar-refractivity contribution in [1.29, 1.82) is 0 Å². The molecule has 0 aliphatic heterocycles. The van der Waals surface area contributed by atoms with E-state index in [9.17, 15) is 14.9 Å². The lowest BCUT2D eigenvalue weighted by atomic mass is 10.1. The van der Waals surface area contributed by atoms with Gasteiger partial charge in [-0.3, -0.25) is 14.9 Å². The first-order valence-electron chi connectivity index (χ1n) is 7.65. The standard InChI is InChI=1S/C15H17N5O4/c1-9-17-14(24-19-9)6-7-16-12-5-2-10(8-13(12)20(22)23)15(21)18-11-3-4-11/h2,5,8,11,16H,3-4,6-7H2,1H3,(H,18,21). The number of hydrogen-bond donors (Lipinski definition) is 2. The summed E-state index contributed by atoms with van der Waals surface area (Å²) in [5.74, 6) is 0.721. The van der Waals surface area contributed by atoms with Gasteiger partial charge in [-0.2, -0.15) is 4.98 Å². The predicted molar refractivity (Wildman–Crippen MR) is 84.8 cm³/mol. The van der Waals surface area contributed by atoms with Crippen LogP contribution in [-0.2, 0) is 6.42 Å². The molecule has 1 amide bonds.